The second-order valence-electron chi connectivity index (χ2n) is 11.8. The summed E-state index contributed by atoms with van der Waals surface area (Å²) in [5.74, 6) is 0. The second kappa shape index (κ2) is 14.1. The average molecular weight is 601 g/mol. The Labute approximate surface area is 270 Å². The highest BCUT2D eigenvalue weighted by molar-refractivity contribution is 6.18. The van der Waals surface area contributed by atoms with Crippen LogP contribution in [0.25, 0.3) is 0 Å². The molecular weight excluding hydrogens is 552 g/mol. The van der Waals surface area contributed by atoms with Crippen LogP contribution in [0.15, 0.2) is 121 Å². The lowest BCUT2D eigenvalue weighted by Crippen LogP contribution is -2.19. The van der Waals surface area contributed by atoms with Gasteiger partial charge in [0.15, 0.2) is 5.71 Å². The smallest absolute Gasteiger partial charge is 0.212 e. The summed E-state index contributed by atoms with van der Waals surface area (Å²) in [6.45, 7) is 0. The van der Waals surface area contributed by atoms with Gasteiger partial charge >= 0.3 is 0 Å². The molecule has 6 heteroatoms. The molecule has 0 fully saturated rings. The van der Waals surface area contributed by atoms with Crippen molar-refractivity contribution in [3.8, 4) is 0 Å². The molecule has 0 radical (unpaired) electrons. The molecule has 1 aliphatic rings. The van der Waals surface area contributed by atoms with Gasteiger partial charge in [-0.15, -0.1) is 0 Å². The van der Waals surface area contributed by atoms with E-state index in [1.165, 1.54) is 22.8 Å². The van der Waals surface area contributed by atoms with Crippen LogP contribution in [0, 0.1) is 0 Å². The van der Waals surface area contributed by atoms with Crippen molar-refractivity contribution in [2.24, 2.45) is 0 Å². The van der Waals surface area contributed by atoms with Gasteiger partial charge in [0.1, 0.15) is 14.1 Å². The maximum absolute atomic E-state index is 2.31. The van der Waals surface area contributed by atoms with Crippen molar-refractivity contribution >= 4 is 56.9 Å². The molecule has 0 atom stereocenters. The third-order valence-corrected chi connectivity index (χ3v) is 7.86. The van der Waals surface area contributed by atoms with Crippen LogP contribution in [-0.4, -0.2) is 72.4 Å². The van der Waals surface area contributed by atoms with Gasteiger partial charge in [-0.05, 0) is 72.8 Å². The summed E-state index contributed by atoms with van der Waals surface area (Å²) in [6, 6.07) is 35.0. The maximum Gasteiger partial charge on any atom is 0.212 e. The van der Waals surface area contributed by atoms with E-state index in [9.17, 15) is 0 Å². The van der Waals surface area contributed by atoms with Crippen LogP contribution in [0.5, 0.6) is 0 Å². The Morgan fingerprint density at radius 2 is 0.644 bits per heavy atom. The number of hydrogen-bond acceptors (Lipinski definition) is 4. The highest BCUT2D eigenvalue weighted by Gasteiger charge is 2.22. The zero-order valence-electron chi connectivity index (χ0n) is 27.2. The van der Waals surface area contributed by atoms with Crippen LogP contribution < -0.4 is 24.2 Å². The molecule has 0 aromatic heterocycles. The van der Waals surface area contributed by atoms with E-state index >= 15 is 0 Å². The number of benzene rings is 4. The number of hydrogen-bond donors (Lipinski definition) is 0. The van der Waals surface area contributed by atoms with Gasteiger partial charge in [0.2, 0.25) is 17.1 Å². The predicted molar refractivity (Wildman–Crippen MR) is 199 cm³/mol. The topological polar surface area (TPSA) is 19.0 Å². The predicted octanol–water partition coefficient (Wildman–Crippen LogP) is 8.11. The molecule has 0 amide bonds. The third-order valence-electron chi connectivity index (χ3n) is 7.86. The zero-order valence-corrected chi connectivity index (χ0v) is 27.2. The molecule has 0 spiro atoms. The fourth-order valence-corrected chi connectivity index (χ4v) is 5.24. The Morgan fingerprint density at radius 1 is 0.378 bits per heavy atom. The standard InChI is InChI=1S/C38H44N6.CH4/c1-39(2)29-9-17-33(18-10-29)43(34-19-11-30(12-20-34)40(3)4)37-25-27-38(28-26-37)44(35-21-13-31(14-22-35)41(5)6)36-23-15-32(16-24-36)42(7)8;/h9-28H,1-8H3;1H4/q+2;. The summed E-state index contributed by atoms with van der Waals surface area (Å²) in [5, 5.41) is 0. The number of rotatable bonds is 8. The minimum Gasteiger partial charge on any atom is -0.378 e. The van der Waals surface area contributed by atoms with Crippen molar-refractivity contribution in [2.45, 2.75) is 7.43 Å². The van der Waals surface area contributed by atoms with Crippen LogP contribution >= 0.6 is 0 Å². The number of nitrogens with zero attached hydrogens (tertiary/aromatic N) is 6. The molecule has 45 heavy (non-hydrogen) atoms. The molecule has 1 aliphatic carbocycles. The number of allylic oxidation sites excluding steroid dienone is 4. The lowest BCUT2D eigenvalue weighted by Gasteiger charge is -2.27. The van der Waals surface area contributed by atoms with E-state index in [1.807, 2.05) is 0 Å². The first kappa shape index (κ1) is 32.8. The molecule has 4 aromatic carbocycles. The minimum atomic E-state index is 0. The fourth-order valence-electron chi connectivity index (χ4n) is 5.24. The van der Waals surface area contributed by atoms with Crippen molar-refractivity contribution in [3.63, 3.8) is 0 Å². The lowest BCUT2D eigenvalue weighted by molar-refractivity contribution is -0.462. The van der Waals surface area contributed by atoms with Crippen LogP contribution in [0.1, 0.15) is 7.43 Å². The molecular formula is C39H48N6+2. The SMILES string of the molecule is C.CN(C)c1ccc(N(c2ccc(N(C)C)cc2)c2ccc([N+](=C3C=CC(=[N+](C)C)C=C3)c3ccc(N(C)C)cc3)cc2)cc1. The molecule has 0 bridgehead atoms. The van der Waals surface area contributed by atoms with Crippen LogP contribution in [0.2, 0.25) is 0 Å². The van der Waals surface area contributed by atoms with E-state index in [0.29, 0.717) is 0 Å². The summed E-state index contributed by atoms with van der Waals surface area (Å²) in [6.07, 6.45) is 8.71. The monoisotopic (exact) mass is 600 g/mol. The summed E-state index contributed by atoms with van der Waals surface area (Å²) >= 11 is 0. The van der Waals surface area contributed by atoms with Crippen molar-refractivity contribution < 1.29 is 4.58 Å². The van der Waals surface area contributed by atoms with Gasteiger partial charge in [0.25, 0.3) is 0 Å². The molecule has 0 heterocycles. The Kier molecular flexibility index (Phi) is 10.3. The summed E-state index contributed by atoms with van der Waals surface area (Å²) in [4.78, 5) is 8.68. The summed E-state index contributed by atoms with van der Waals surface area (Å²) in [5.41, 5.74) is 11.3. The highest BCUT2D eigenvalue weighted by Crippen LogP contribution is 2.37. The molecule has 0 saturated heterocycles. The molecule has 0 N–H and O–H groups in total. The zero-order chi connectivity index (χ0) is 31.4. The normalized spacial score (nSPS) is 12.0. The quantitative estimate of drug-likeness (QED) is 0.150. The lowest BCUT2D eigenvalue weighted by atomic mass is 10.1. The largest absolute Gasteiger partial charge is 0.378 e. The third kappa shape index (κ3) is 7.35. The molecule has 6 nitrogen and oxygen atoms in total. The van der Waals surface area contributed by atoms with E-state index in [4.69, 9.17) is 0 Å². The first-order valence-electron chi connectivity index (χ1n) is 14.9. The fraction of sp³-hybridized carbons (Fsp3) is 0.231. The molecule has 0 aliphatic heterocycles. The van der Waals surface area contributed by atoms with Crippen molar-refractivity contribution in [3.05, 3.63) is 121 Å². The van der Waals surface area contributed by atoms with Crippen LogP contribution in [0.3, 0.4) is 0 Å². The van der Waals surface area contributed by atoms with E-state index in [0.717, 1.165) is 34.1 Å². The van der Waals surface area contributed by atoms with Gasteiger partial charge < -0.3 is 19.6 Å². The Bertz CT molecular complexity index is 1630. The maximum atomic E-state index is 2.31. The van der Waals surface area contributed by atoms with Crippen LogP contribution in [-0.2, 0) is 0 Å². The van der Waals surface area contributed by atoms with Crippen molar-refractivity contribution in [1.82, 2.24) is 4.58 Å². The molecule has 0 saturated carbocycles. The van der Waals surface area contributed by atoms with E-state index in [-0.39, 0.29) is 7.43 Å². The average Bonchev–Trinajstić information content (AvgIpc) is 3.03. The van der Waals surface area contributed by atoms with Gasteiger partial charge in [-0.2, -0.15) is 4.58 Å². The Balaban J connectivity index is 0.00000461. The molecule has 232 valence electrons. The van der Waals surface area contributed by atoms with Gasteiger partial charge in [-0.1, -0.05) is 7.43 Å². The molecule has 0 unspecified atom stereocenters. The summed E-state index contributed by atoms with van der Waals surface area (Å²) in [7, 11) is 16.6. The first-order valence-corrected chi connectivity index (χ1v) is 14.9. The first-order chi connectivity index (χ1) is 21.1. The van der Waals surface area contributed by atoms with E-state index in [1.54, 1.807) is 0 Å². The van der Waals surface area contributed by atoms with Gasteiger partial charge in [0.05, 0.1) is 0 Å². The van der Waals surface area contributed by atoms with Gasteiger partial charge in [0, 0.05) is 125 Å². The molecule has 5 rings (SSSR count). The van der Waals surface area contributed by atoms with Gasteiger partial charge in [-0.25, -0.2) is 4.58 Å². The van der Waals surface area contributed by atoms with Gasteiger partial charge in [-0.3, -0.25) is 0 Å². The molecule has 4 aromatic rings. The van der Waals surface area contributed by atoms with Crippen molar-refractivity contribution in [1.29, 1.82) is 0 Å². The Hall–Kier alpha value is -5.10. The summed E-state index contributed by atoms with van der Waals surface area (Å²) < 4.78 is 4.43. The second-order valence-corrected chi connectivity index (χ2v) is 11.8. The number of anilines is 6. The highest BCUT2D eigenvalue weighted by atomic mass is 15.1. The minimum absolute atomic E-state index is 0. The van der Waals surface area contributed by atoms with E-state index < -0.39 is 0 Å². The van der Waals surface area contributed by atoms with E-state index in [2.05, 4.69) is 206 Å². The van der Waals surface area contributed by atoms with Crippen LogP contribution in [0.4, 0.5) is 45.5 Å². The Morgan fingerprint density at radius 3 is 0.956 bits per heavy atom. The van der Waals surface area contributed by atoms with Crippen molar-refractivity contribution in [2.75, 3.05) is 76.0 Å².